The second-order valence-electron chi connectivity index (χ2n) is 5.57. The monoisotopic (exact) mass is 335 g/mol. The zero-order valence-electron chi connectivity index (χ0n) is 13.5. The largest absolute Gasteiger partial charge is 0.459 e. The molecule has 2 amide bonds. The molecule has 0 aliphatic rings. The van der Waals surface area contributed by atoms with E-state index in [1.165, 1.54) is 6.26 Å². The number of amides is 2. The third kappa shape index (κ3) is 4.92. The van der Waals surface area contributed by atoms with Crippen LogP contribution in [0.3, 0.4) is 0 Å². The van der Waals surface area contributed by atoms with E-state index >= 15 is 0 Å². The Kier molecular flexibility index (Phi) is 5.92. The third-order valence-electron chi connectivity index (χ3n) is 3.33. The maximum atomic E-state index is 12.3. The summed E-state index contributed by atoms with van der Waals surface area (Å²) in [4.78, 5) is 28.7. The fourth-order valence-electron chi connectivity index (χ4n) is 2.10. The fourth-order valence-corrected chi connectivity index (χ4v) is 2.75. The molecule has 0 saturated carbocycles. The predicted molar refractivity (Wildman–Crippen MR) is 88.4 cm³/mol. The number of hydrogen-bond acceptors (Lipinski definition) is 5. The molecule has 2 aromatic heterocycles. The normalized spacial score (nSPS) is 12.2. The zero-order chi connectivity index (χ0) is 16.8. The van der Waals surface area contributed by atoms with Gasteiger partial charge in [-0.1, -0.05) is 13.8 Å². The molecular weight excluding hydrogens is 314 g/mol. The molecule has 2 rings (SSSR count). The number of carbonyl (C=O) groups excluding carboxylic acids is 2. The van der Waals surface area contributed by atoms with Gasteiger partial charge in [0.05, 0.1) is 17.0 Å². The number of nitrogens with zero attached hydrogens (tertiary/aromatic N) is 1. The molecule has 7 heteroatoms. The van der Waals surface area contributed by atoms with E-state index in [2.05, 4.69) is 15.6 Å². The first-order chi connectivity index (χ1) is 11.0. The van der Waals surface area contributed by atoms with E-state index in [0.717, 1.165) is 10.7 Å². The number of nitrogens with one attached hydrogen (secondary N) is 2. The molecule has 0 saturated heterocycles. The first kappa shape index (κ1) is 17.2. The van der Waals surface area contributed by atoms with Crippen LogP contribution in [0.4, 0.5) is 0 Å². The summed E-state index contributed by atoms with van der Waals surface area (Å²) in [6, 6.07) is 2.59. The molecule has 0 bridgehead atoms. The summed E-state index contributed by atoms with van der Waals surface area (Å²) in [5, 5.41) is 8.56. The lowest BCUT2D eigenvalue weighted by Gasteiger charge is -2.21. The number of hydrogen-bond donors (Lipinski definition) is 2. The van der Waals surface area contributed by atoms with Gasteiger partial charge in [0, 0.05) is 18.3 Å². The average molecular weight is 335 g/mol. The fraction of sp³-hybridized carbons (Fsp3) is 0.438. The molecule has 1 atom stereocenters. The van der Waals surface area contributed by atoms with Gasteiger partial charge < -0.3 is 15.1 Å². The highest BCUT2D eigenvalue weighted by Gasteiger charge is 2.25. The molecule has 0 aliphatic heterocycles. The average Bonchev–Trinajstić information content (AvgIpc) is 3.15. The van der Waals surface area contributed by atoms with Gasteiger partial charge in [0.2, 0.25) is 5.91 Å². The van der Waals surface area contributed by atoms with Gasteiger partial charge in [-0.3, -0.25) is 9.59 Å². The lowest BCUT2D eigenvalue weighted by molar-refractivity contribution is -0.123. The van der Waals surface area contributed by atoms with Crippen LogP contribution in [0.2, 0.25) is 0 Å². The number of furan rings is 1. The lowest BCUT2D eigenvalue weighted by atomic mass is 10.0. The van der Waals surface area contributed by atoms with Crippen molar-refractivity contribution in [3.8, 4) is 0 Å². The molecule has 2 N–H and O–H groups in total. The minimum absolute atomic E-state index is 0.0320. The van der Waals surface area contributed by atoms with Crippen molar-refractivity contribution in [3.63, 3.8) is 0 Å². The van der Waals surface area contributed by atoms with Crippen LogP contribution in [0.1, 0.15) is 35.1 Å². The molecule has 0 radical (unpaired) electrons. The van der Waals surface area contributed by atoms with Crippen LogP contribution < -0.4 is 10.6 Å². The highest BCUT2D eigenvalue weighted by molar-refractivity contribution is 7.09. The first-order valence-corrected chi connectivity index (χ1v) is 8.38. The second-order valence-corrected chi connectivity index (χ2v) is 6.63. The lowest BCUT2D eigenvalue weighted by Crippen LogP contribution is -2.50. The van der Waals surface area contributed by atoms with Crippen LogP contribution in [-0.4, -0.2) is 29.4 Å². The molecule has 0 aromatic carbocycles. The van der Waals surface area contributed by atoms with Gasteiger partial charge in [0.15, 0.2) is 5.76 Å². The minimum atomic E-state index is -0.607. The Morgan fingerprint density at radius 1 is 1.39 bits per heavy atom. The molecule has 23 heavy (non-hydrogen) atoms. The second kappa shape index (κ2) is 7.92. The Hall–Kier alpha value is -2.15. The van der Waals surface area contributed by atoms with Crippen LogP contribution in [0.5, 0.6) is 0 Å². The van der Waals surface area contributed by atoms with E-state index in [1.807, 2.05) is 26.2 Å². The van der Waals surface area contributed by atoms with Crippen molar-refractivity contribution >= 4 is 23.2 Å². The van der Waals surface area contributed by atoms with Crippen LogP contribution in [0.25, 0.3) is 0 Å². The Balaban J connectivity index is 1.86. The van der Waals surface area contributed by atoms with Gasteiger partial charge in [0.1, 0.15) is 6.04 Å². The summed E-state index contributed by atoms with van der Waals surface area (Å²) in [6.45, 7) is 6.21. The number of aromatic nitrogens is 1. The van der Waals surface area contributed by atoms with E-state index in [4.69, 9.17) is 4.42 Å². The highest BCUT2D eigenvalue weighted by atomic mass is 32.1. The summed E-state index contributed by atoms with van der Waals surface area (Å²) in [6.07, 6.45) is 2.10. The first-order valence-electron chi connectivity index (χ1n) is 7.50. The zero-order valence-corrected chi connectivity index (χ0v) is 14.3. The van der Waals surface area contributed by atoms with Crippen LogP contribution in [0, 0.1) is 12.8 Å². The van der Waals surface area contributed by atoms with E-state index in [1.54, 1.807) is 23.5 Å². The molecular formula is C16H21N3O3S. The topological polar surface area (TPSA) is 84.2 Å². The van der Waals surface area contributed by atoms with Crippen LogP contribution >= 0.6 is 11.3 Å². The van der Waals surface area contributed by atoms with Crippen molar-refractivity contribution in [2.45, 2.75) is 33.2 Å². The maximum absolute atomic E-state index is 12.3. The summed E-state index contributed by atoms with van der Waals surface area (Å²) in [7, 11) is 0. The van der Waals surface area contributed by atoms with Crippen molar-refractivity contribution < 1.29 is 14.0 Å². The number of rotatable bonds is 7. The van der Waals surface area contributed by atoms with Crippen molar-refractivity contribution in [3.05, 3.63) is 40.2 Å². The highest BCUT2D eigenvalue weighted by Crippen LogP contribution is 2.08. The molecule has 0 spiro atoms. The van der Waals surface area contributed by atoms with Gasteiger partial charge >= 0.3 is 0 Å². The number of carbonyl (C=O) groups is 2. The summed E-state index contributed by atoms with van der Waals surface area (Å²) in [5.74, 6) is -0.428. The van der Waals surface area contributed by atoms with Gasteiger partial charge in [-0.15, -0.1) is 11.3 Å². The molecule has 0 fully saturated rings. The van der Waals surface area contributed by atoms with Gasteiger partial charge in [-0.25, -0.2) is 4.98 Å². The van der Waals surface area contributed by atoms with E-state index in [0.29, 0.717) is 13.0 Å². The van der Waals surface area contributed by atoms with Crippen molar-refractivity contribution in [1.82, 2.24) is 15.6 Å². The van der Waals surface area contributed by atoms with E-state index in [-0.39, 0.29) is 23.5 Å². The predicted octanol–water partition coefficient (Wildman–Crippen LogP) is 2.16. The Morgan fingerprint density at radius 3 is 2.74 bits per heavy atom. The van der Waals surface area contributed by atoms with E-state index in [9.17, 15) is 9.59 Å². The molecule has 124 valence electrons. The van der Waals surface area contributed by atoms with Gasteiger partial charge in [-0.2, -0.15) is 0 Å². The van der Waals surface area contributed by atoms with Crippen LogP contribution in [0.15, 0.2) is 28.2 Å². The molecule has 2 aromatic rings. The number of thiazole rings is 1. The summed E-state index contributed by atoms with van der Waals surface area (Å²) in [5.41, 5.74) is 0.966. The molecule has 2 heterocycles. The summed E-state index contributed by atoms with van der Waals surface area (Å²) >= 11 is 1.59. The maximum Gasteiger partial charge on any atom is 0.287 e. The molecule has 6 nitrogen and oxygen atoms in total. The van der Waals surface area contributed by atoms with Crippen LogP contribution in [-0.2, 0) is 11.2 Å². The SMILES string of the molecule is Cc1nc(CCNC(=O)C(NC(=O)c2ccco2)C(C)C)cs1. The molecule has 0 aliphatic carbocycles. The van der Waals surface area contributed by atoms with Gasteiger partial charge in [-0.05, 0) is 25.0 Å². The standard InChI is InChI=1S/C16H21N3O3S/c1-10(2)14(19-15(20)13-5-4-8-22-13)16(21)17-7-6-12-9-23-11(3)18-12/h4-5,8-10,14H,6-7H2,1-3H3,(H,17,21)(H,19,20). The van der Waals surface area contributed by atoms with Crippen molar-refractivity contribution in [2.75, 3.05) is 6.54 Å². The Morgan fingerprint density at radius 2 is 2.17 bits per heavy atom. The summed E-state index contributed by atoms with van der Waals surface area (Å²) < 4.78 is 5.05. The van der Waals surface area contributed by atoms with Crippen molar-refractivity contribution in [1.29, 1.82) is 0 Å². The van der Waals surface area contributed by atoms with Gasteiger partial charge in [0.25, 0.3) is 5.91 Å². The smallest absolute Gasteiger partial charge is 0.287 e. The minimum Gasteiger partial charge on any atom is -0.459 e. The quantitative estimate of drug-likeness (QED) is 0.812. The Bertz CT molecular complexity index is 649. The van der Waals surface area contributed by atoms with Crippen molar-refractivity contribution in [2.24, 2.45) is 5.92 Å². The van der Waals surface area contributed by atoms with E-state index < -0.39 is 6.04 Å². The number of aryl methyl sites for hydroxylation is 1. The third-order valence-corrected chi connectivity index (χ3v) is 4.15. The Labute approximate surface area is 139 Å². The molecule has 1 unspecified atom stereocenters.